The van der Waals surface area contributed by atoms with E-state index >= 15 is 0 Å². The predicted octanol–water partition coefficient (Wildman–Crippen LogP) is 1.71. The number of benzene rings is 1. The number of rotatable bonds is 3. The maximum absolute atomic E-state index is 9.22. The van der Waals surface area contributed by atoms with Crippen molar-refractivity contribution >= 4 is 23.7 Å². The Balaban J connectivity index is 2.43. The van der Waals surface area contributed by atoms with Crippen molar-refractivity contribution in [3.63, 3.8) is 0 Å². The van der Waals surface area contributed by atoms with Crippen molar-refractivity contribution in [3.05, 3.63) is 59.9 Å². The van der Waals surface area contributed by atoms with Crippen LogP contribution in [0.4, 0.5) is 0 Å². The first-order valence-corrected chi connectivity index (χ1v) is 6.14. The Morgan fingerprint density at radius 3 is 2.32 bits per heavy atom. The van der Waals surface area contributed by atoms with Crippen LogP contribution in [0.3, 0.4) is 0 Å². The van der Waals surface area contributed by atoms with E-state index in [9.17, 15) is 10.0 Å². The molecule has 0 saturated carbocycles. The Bertz CT molecular complexity index is 594. The molecule has 0 radical (unpaired) electrons. The summed E-state index contributed by atoms with van der Waals surface area (Å²) in [7, 11) is -1.44. The van der Waals surface area contributed by atoms with Gasteiger partial charge in [-0.05, 0) is 47.6 Å². The minimum atomic E-state index is -1.44. The average molecular weight is 253 g/mol. The highest BCUT2D eigenvalue weighted by molar-refractivity contribution is 6.58. The molecule has 96 valence electrons. The van der Waals surface area contributed by atoms with Crippen LogP contribution >= 0.6 is 0 Å². The Kier molecular flexibility index (Phi) is 4.15. The summed E-state index contributed by atoms with van der Waals surface area (Å²) in [5.74, 6) is 0. The van der Waals surface area contributed by atoms with E-state index in [1.165, 1.54) is 0 Å². The number of allylic oxidation sites excluding steroid dienone is 2. The van der Waals surface area contributed by atoms with Gasteiger partial charge in [-0.15, -0.1) is 0 Å². The van der Waals surface area contributed by atoms with Crippen molar-refractivity contribution < 1.29 is 10.0 Å². The van der Waals surface area contributed by atoms with E-state index in [1.54, 1.807) is 18.3 Å². The van der Waals surface area contributed by atoms with Gasteiger partial charge >= 0.3 is 7.12 Å². The molecule has 0 amide bonds. The summed E-state index contributed by atoms with van der Waals surface area (Å²) in [6, 6.07) is 11.2. The molecule has 0 aliphatic rings. The second-order valence-corrected chi connectivity index (χ2v) is 4.49. The quantitative estimate of drug-likeness (QED) is 0.819. The molecule has 2 N–H and O–H groups in total. The first kappa shape index (κ1) is 13.5. The van der Waals surface area contributed by atoms with Gasteiger partial charge < -0.3 is 10.0 Å². The van der Waals surface area contributed by atoms with Crippen LogP contribution in [0.15, 0.2) is 48.8 Å². The number of hydrogen-bond donors (Lipinski definition) is 2. The summed E-state index contributed by atoms with van der Waals surface area (Å²) in [5.41, 5.74) is 4.76. The zero-order valence-electron chi connectivity index (χ0n) is 11.0. The third-order valence-corrected chi connectivity index (χ3v) is 3.27. The van der Waals surface area contributed by atoms with Crippen LogP contribution in [-0.2, 0) is 0 Å². The normalized spacial score (nSPS) is 12.0. The number of pyridine rings is 1. The summed E-state index contributed by atoms with van der Waals surface area (Å²) in [5, 5.41) is 18.4. The van der Waals surface area contributed by atoms with Crippen molar-refractivity contribution in [2.45, 2.75) is 13.8 Å². The summed E-state index contributed by atoms with van der Waals surface area (Å²) < 4.78 is 0. The minimum absolute atomic E-state index is 0.496. The molecule has 1 aromatic carbocycles. The van der Waals surface area contributed by atoms with Crippen molar-refractivity contribution in [2.75, 3.05) is 0 Å². The van der Waals surface area contributed by atoms with Gasteiger partial charge in [-0.3, -0.25) is 4.98 Å². The zero-order valence-corrected chi connectivity index (χ0v) is 11.0. The van der Waals surface area contributed by atoms with Crippen molar-refractivity contribution in [1.29, 1.82) is 0 Å². The number of hydrogen-bond acceptors (Lipinski definition) is 3. The second kappa shape index (κ2) is 5.82. The van der Waals surface area contributed by atoms with E-state index in [4.69, 9.17) is 0 Å². The van der Waals surface area contributed by atoms with Crippen LogP contribution in [-0.4, -0.2) is 22.2 Å². The first-order chi connectivity index (χ1) is 9.09. The molecule has 3 nitrogen and oxygen atoms in total. The fraction of sp³-hybridized carbons (Fsp3) is 0.133. The van der Waals surface area contributed by atoms with Crippen LogP contribution < -0.4 is 5.46 Å². The molecule has 19 heavy (non-hydrogen) atoms. The maximum Gasteiger partial charge on any atom is 0.488 e. The standard InChI is InChI=1S/C15H16BNO2/c1-11(12(2)14-6-4-8-17-10-14)13-5-3-7-15(9-13)16(18)19/h3-10,18-19H,1-2H3. The van der Waals surface area contributed by atoms with Crippen LogP contribution in [0.2, 0.25) is 0 Å². The smallest absolute Gasteiger partial charge is 0.423 e. The van der Waals surface area contributed by atoms with Gasteiger partial charge in [-0.2, -0.15) is 0 Å². The Hall–Kier alpha value is -1.91. The monoisotopic (exact) mass is 253 g/mol. The summed E-state index contributed by atoms with van der Waals surface area (Å²) in [4.78, 5) is 4.11. The fourth-order valence-corrected chi connectivity index (χ4v) is 1.95. The molecular weight excluding hydrogens is 237 g/mol. The molecule has 0 unspecified atom stereocenters. The van der Waals surface area contributed by atoms with Gasteiger partial charge in [-0.25, -0.2) is 0 Å². The lowest BCUT2D eigenvalue weighted by atomic mass is 9.79. The third kappa shape index (κ3) is 3.10. The molecule has 0 aliphatic carbocycles. The molecule has 2 aromatic rings. The molecule has 1 aromatic heterocycles. The highest BCUT2D eigenvalue weighted by Crippen LogP contribution is 2.24. The molecule has 0 saturated heterocycles. The maximum atomic E-state index is 9.22. The Morgan fingerprint density at radius 2 is 1.68 bits per heavy atom. The van der Waals surface area contributed by atoms with Crippen molar-refractivity contribution in [2.24, 2.45) is 0 Å². The SMILES string of the molecule is CC(=C(C)c1cccc(B(O)O)c1)c1cccnc1. The molecule has 0 bridgehead atoms. The minimum Gasteiger partial charge on any atom is -0.423 e. The van der Waals surface area contributed by atoms with E-state index < -0.39 is 7.12 Å². The Labute approximate surface area is 113 Å². The highest BCUT2D eigenvalue weighted by atomic mass is 16.4. The summed E-state index contributed by atoms with van der Waals surface area (Å²) in [6.07, 6.45) is 3.57. The molecule has 1 heterocycles. The van der Waals surface area contributed by atoms with Gasteiger partial charge in [-0.1, -0.05) is 30.3 Å². The van der Waals surface area contributed by atoms with E-state index in [2.05, 4.69) is 4.98 Å². The molecule has 0 atom stereocenters. The molecule has 0 aliphatic heterocycles. The van der Waals surface area contributed by atoms with E-state index in [0.717, 1.165) is 22.3 Å². The lowest BCUT2D eigenvalue weighted by Crippen LogP contribution is -2.29. The summed E-state index contributed by atoms with van der Waals surface area (Å²) >= 11 is 0. The van der Waals surface area contributed by atoms with E-state index in [-0.39, 0.29) is 0 Å². The zero-order chi connectivity index (χ0) is 13.8. The summed E-state index contributed by atoms with van der Waals surface area (Å²) in [6.45, 7) is 4.06. The Morgan fingerprint density at radius 1 is 1.00 bits per heavy atom. The largest absolute Gasteiger partial charge is 0.488 e. The molecular formula is C15H16BNO2. The average Bonchev–Trinajstić information content (AvgIpc) is 2.46. The van der Waals surface area contributed by atoms with Gasteiger partial charge in [0.25, 0.3) is 0 Å². The van der Waals surface area contributed by atoms with Gasteiger partial charge in [0.1, 0.15) is 0 Å². The topological polar surface area (TPSA) is 53.4 Å². The molecule has 0 spiro atoms. The van der Waals surface area contributed by atoms with Crippen molar-refractivity contribution in [1.82, 2.24) is 4.98 Å². The van der Waals surface area contributed by atoms with Gasteiger partial charge in [0, 0.05) is 12.4 Å². The lowest BCUT2D eigenvalue weighted by molar-refractivity contribution is 0.426. The second-order valence-electron chi connectivity index (χ2n) is 4.49. The highest BCUT2D eigenvalue weighted by Gasteiger charge is 2.12. The van der Waals surface area contributed by atoms with Crippen LogP contribution in [0.5, 0.6) is 0 Å². The fourth-order valence-electron chi connectivity index (χ4n) is 1.95. The van der Waals surface area contributed by atoms with Gasteiger partial charge in [0.05, 0.1) is 0 Å². The molecule has 2 rings (SSSR count). The molecule has 0 fully saturated rings. The number of nitrogens with zero attached hydrogens (tertiary/aromatic N) is 1. The van der Waals surface area contributed by atoms with E-state index in [1.807, 2.05) is 44.3 Å². The molecule has 4 heteroatoms. The van der Waals surface area contributed by atoms with E-state index in [0.29, 0.717) is 5.46 Å². The van der Waals surface area contributed by atoms with Crippen LogP contribution in [0, 0.1) is 0 Å². The van der Waals surface area contributed by atoms with Gasteiger partial charge in [0.15, 0.2) is 0 Å². The lowest BCUT2D eigenvalue weighted by Gasteiger charge is -2.10. The number of aromatic nitrogens is 1. The van der Waals surface area contributed by atoms with Gasteiger partial charge in [0.2, 0.25) is 0 Å². The van der Waals surface area contributed by atoms with Crippen LogP contribution in [0.25, 0.3) is 11.1 Å². The van der Waals surface area contributed by atoms with Crippen molar-refractivity contribution in [3.8, 4) is 0 Å². The predicted molar refractivity (Wildman–Crippen MR) is 78.7 cm³/mol. The third-order valence-electron chi connectivity index (χ3n) is 3.27. The van der Waals surface area contributed by atoms with Crippen LogP contribution in [0.1, 0.15) is 25.0 Å². The first-order valence-electron chi connectivity index (χ1n) is 6.14.